The molecule has 0 unspecified atom stereocenters. The molecular weight excluding hydrogens is 307 g/mol. The molecule has 2 aromatic rings. The molecule has 0 saturated carbocycles. The van der Waals surface area contributed by atoms with E-state index in [1.807, 2.05) is 6.92 Å². The van der Waals surface area contributed by atoms with Crippen molar-refractivity contribution >= 4 is 46.2 Å². The van der Waals surface area contributed by atoms with Crippen LogP contribution in [0.1, 0.15) is 12.6 Å². The third-order valence-corrected chi connectivity index (χ3v) is 3.59. The van der Waals surface area contributed by atoms with Crippen LogP contribution in [0.15, 0.2) is 16.2 Å². The average Bonchev–Trinajstić information content (AvgIpc) is 2.77. The summed E-state index contributed by atoms with van der Waals surface area (Å²) in [5.74, 6) is 1.10. The van der Waals surface area contributed by atoms with E-state index in [9.17, 15) is 4.79 Å². The fraction of sp³-hybridized carbons (Fsp3) is 0.273. The van der Waals surface area contributed by atoms with Crippen molar-refractivity contribution in [2.24, 2.45) is 0 Å². The molecule has 0 aliphatic rings. The smallest absolute Gasteiger partial charge is 0.304 e. The van der Waals surface area contributed by atoms with E-state index in [0.29, 0.717) is 34.8 Å². The molecule has 2 rings (SSSR count). The number of hydrogen-bond donors (Lipinski definition) is 3. The maximum Gasteiger partial charge on any atom is 0.304 e. The van der Waals surface area contributed by atoms with Gasteiger partial charge in [-0.2, -0.15) is 0 Å². The van der Waals surface area contributed by atoms with Crippen molar-refractivity contribution < 1.29 is 0 Å². The molecule has 102 valence electrons. The minimum atomic E-state index is -0.0831. The molecule has 0 bridgehead atoms. The van der Waals surface area contributed by atoms with Gasteiger partial charge in [-0.15, -0.1) is 0 Å². The lowest BCUT2D eigenvalue weighted by molar-refractivity contribution is 1.04. The predicted molar refractivity (Wildman–Crippen MR) is 80.7 cm³/mol. The highest BCUT2D eigenvalue weighted by atomic mass is 35.5. The summed E-state index contributed by atoms with van der Waals surface area (Å²) in [5.41, 5.74) is 0.785. The number of aromatic amines is 1. The Hall–Kier alpha value is -1.24. The van der Waals surface area contributed by atoms with Gasteiger partial charge in [-0.1, -0.05) is 34.5 Å². The SMILES string of the molecule is CCNc1nc(NCc2csc(=O)[nH]2)c(Cl)cc1Cl. The molecule has 8 heteroatoms. The Morgan fingerprint density at radius 2 is 2.00 bits per heavy atom. The Morgan fingerprint density at radius 1 is 1.32 bits per heavy atom. The van der Waals surface area contributed by atoms with Crippen LogP contribution in [0, 0.1) is 0 Å². The van der Waals surface area contributed by atoms with Crippen LogP contribution in [0.25, 0.3) is 0 Å². The molecule has 5 nitrogen and oxygen atoms in total. The molecule has 0 radical (unpaired) electrons. The molecule has 0 aromatic carbocycles. The molecule has 19 heavy (non-hydrogen) atoms. The van der Waals surface area contributed by atoms with E-state index in [1.165, 1.54) is 0 Å². The number of anilines is 2. The van der Waals surface area contributed by atoms with Crippen LogP contribution in [0.3, 0.4) is 0 Å². The third-order valence-electron chi connectivity index (χ3n) is 2.29. The fourth-order valence-corrected chi connectivity index (χ4v) is 2.54. The van der Waals surface area contributed by atoms with Gasteiger partial charge >= 0.3 is 4.87 Å². The van der Waals surface area contributed by atoms with Crippen LogP contribution in [0.2, 0.25) is 10.0 Å². The van der Waals surface area contributed by atoms with Gasteiger partial charge in [-0.25, -0.2) is 4.98 Å². The van der Waals surface area contributed by atoms with Crippen molar-refractivity contribution in [3.05, 3.63) is 36.9 Å². The number of pyridine rings is 1. The number of hydrogen-bond acceptors (Lipinski definition) is 5. The van der Waals surface area contributed by atoms with Crippen molar-refractivity contribution in [2.75, 3.05) is 17.2 Å². The maximum atomic E-state index is 11.0. The van der Waals surface area contributed by atoms with E-state index >= 15 is 0 Å². The molecule has 0 fully saturated rings. The molecule has 0 amide bonds. The average molecular weight is 319 g/mol. The van der Waals surface area contributed by atoms with Crippen molar-refractivity contribution in [2.45, 2.75) is 13.5 Å². The Labute approximate surface area is 124 Å². The van der Waals surface area contributed by atoms with Crippen LogP contribution < -0.4 is 15.5 Å². The summed E-state index contributed by atoms with van der Waals surface area (Å²) in [6.45, 7) is 3.11. The highest BCUT2D eigenvalue weighted by Crippen LogP contribution is 2.29. The second-order valence-corrected chi connectivity index (χ2v) is 5.36. The van der Waals surface area contributed by atoms with Gasteiger partial charge in [0.2, 0.25) is 0 Å². The summed E-state index contributed by atoms with van der Waals surface area (Å²) < 4.78 is 0. The predicted octanol–water partition coefficient (Wildman–Crippen LogP) is 3.18. The monoisotopic (exact) mass is 318 g/mol. The summed E-state index contributed by atoms with van der Waals surface area (Å²) in [4.78, 5) is 17.9. The molecule has 0 aliphatic heterocycles. The van der Waals surface area contributed by atoms with E-state index in [-0.39, 0.29) is 4.87 Å². The van der Waals surface area contributed by atoms with Gasteiger partial charge in [0.05, 0.1) is 16.6 Å². The van der Waals surface area contributed by atoms with Crippen molar-refractivity contribution in [1.82, 2.24) is 9.97 Å². The Balaban J connectivity index is 2.15. The molecular formula is C11H12Cl2N4OS. The normalized spacial score (nSPS) is 10.5. The second-order valence-electron chi connectivity index (χ2n) is 3.71. The number of thiazole rings is 1. The zero-order valence-corrected chi connectivity index (χ0v) is 12.4. The van der Waals surface area contributed by atoms with Gasteiger partial charge in [0.15, 0.2) is 0 Å². The molecule has 2 aromatic heterocycles. The number of aromatic nitrogens is 2. The lowest BCUT2D eigenvalue weighted by Gasteiger charge is -2.11. The summed E-state index contributed by atoms with van der Waals surface area (Å²) in [5, 5.41) is 8.77. The molecule has 0 aliphatic carbocycles. The second kappa shape index (κ2) is 6.27. The molecule has 0 spiro atoms. The Bertz CT molecular complexity index is 625. The topological polar surface area (TPSA) is 69.8 Å². The van der Waals surface area contributed by atoms with Crippen LogP contribution in [-0.4, -0.2) is 16.5 Å². The van der Waals surface area contributed by atoms with Crippen molar-refractivity contribution in [1.29, 1.82) is 0 Å². The van der Waals surface area contributed by atoms with Gasteiger partial charge in [-0.05, 0) is 13.0 Å². The summed E-state index contributed by atoms with van der Waals surface area (Å²) in [6.07, 6.45) is 0. The molecule has 0 atom stereocenters. The quantitative estimate of drug-likeness (QED) is 0.792. The van der Waals surface area contributed by atoms with Crippen LogP contribution in [0.5, 0.6) is 0 Å². The number of H-pyrrole nitrogens is 1. The molecule has 3 N–H and O–H groups in total. The van der Waals surface area contributed by atoms with Gasteiger partial charge in [0, 0.05) is 17.6 Å². The largest absolute Gasteiger partial charge is 0.369 e. The van der Waals surface area contributed by atoms with Crippen molar-refractivity contribution in [3.63, 3.8) is 0 Å². The van der Waals surface area contributed by atoms with Crippen LogP contribution in [0.4, 0.5) is 11.6 Å². The first kappa shape index (κ1) is 14.2. The number of rotatable bonds is 5. The Morgan fingerprint density at radius 3 is 2.58 bits per heavy atom. The summed E-state index contributed by atoms with van der Waals surface area (Å²) in [7, 11) is 0. The zero-order valence-electron chi connectivity index (χ0n) is 10.1. The fourth-order valence-electron chi connectivity index (χ4n) is 1.46. The molecule has 0 saturated heterocycles. The van der Waals surface area contributed by atoms with Crippen LogP contribution >= 0.6 is 34.5 Å². The summed E-state index contributed by atoms with van der Waals surface area (Å²) in [6, 6.07) is 1.63. The maximum absolute atomic E-state index is 11.0. The van der Waals surface area contributed by atoms with E-state index in [4.69, 9.17) is 23.2 Å². The third kappa shape index (κ3) is 3.62. The summed E-state index contributed by atoms with van der Waals surface area (Å²) >= 11 is 13.2. The lowest BCUT2D eigenvalue weighted by Crippen LogP contribution is -2.07. The van der Waals surface area contributed by atoms with Gasteiger partial charge in [0.1, 0.15) is 11.6 Å². The number of halogens is 2. The molecule has 2 heterocycles. The van der Waals surface area contributed by atoms with E-state index in [1.54, 1.807) is 11.4 Å². The van der Waals surface area contributed by atoms with Gasteiger partial charge in [-0.3, -0.25) is 4.79 Å². The van der Waals surface area contributed by atoms with E-state index in [0.717, 1.165) is 17.0 Å². The lowest BCUT2D eigenvalue weighted by atomic mass is 10.4. The van der Waals surface area contributed by atoms with Gasteiger partial charge in [0.25, 0.3) is 0 Å². The van der Waals surface area contributed by atoms with Gasteiger partial charge < -0.3 is 15.6 Å². The number of nitrogens with one attached hydrogen (secondary N) is 3. The zero-order chi connectivity index (χ0) is 13.8. The van der Waals surface area contributed by atoms with Crippen molar-refractivity contribution in [3.8, 4) is 0 Å². The minimum absolute atomic E-state index is 0.0831. The first-order valence-corrected chi connectivity index (χ1v) is 7.24. The number of nitrogens with zero attached hydrogens (tertiary/aromatic N) is 1. The van der Waals surface area contributed by atoms with E-state index < -0.39 is 0 Å². The van der Waals surface area contributed by atoms with E-state index in [2.05, 4.69) is 20.6 Å². The standard InChI is InChI=1S/C11H12Cl2N4OS/c1-2-14-9-7(12)3-8(13)10(17-9)15-4-6-5-19-11(18)16-6/h3,5H,2,4H2,1H3,(H,16,18)(H2,14,15,17). The van der Waals surface area contributed by atoms with Crippen LogP contribution in [-0.2, 0) is 6.54 Å². The minimum Gasteiger partial charge on any atom is -0.369 e. The highest BCUT2D eigenvalue weighted by Gasteiger charge is 2.09. The first-order valence-electron chi connectivity index (χ1n) is 5.60. The Kier molecular flexibility index (Phi) is 4.68. The highest BCUT2D eigenvalue weighted by molar-refractivity contribution is 7.07. The first-order chi connectivity index (χ1) is 9.10.